The van der Waals surface area contributed by atoms with Crippen molar-refractivity contribution in [2.24, 2.45) is 0 Å². The summed E-state index contributed by atoms with van der Waals surface area (Å²) in [6.45, 7) is 3.30. The number of aryl methyl sites for hydroxylation is 2. The van der Waals surface area contributed by atoms with Gasteiger partial charge in [-0.05, 0) is 72.2 Å². The third-order valence-corrected chi connectivity index (χ3v) is 6.10. The van der Waals surface area contributed by atoms with Crippen LogP contribution < -0.4 is 9.47 Å². The zero-order chi connectivity index (χ0) is 23.9. The van der Waals surface area contributed by atoms with Gasteiger partial charge in [0.05, 0.1) is 6.54 Å². The first-order valence-electron chi connectivity index (χ1n) is 11.8. The minimum Gasteiger partial charge on any atom is -0.491 e. The largest absolute Gasteiger partial charge is 0.491 e. The maximum absolute atomic E-state index is 13.4. The summed E-state index contributed by atoms with van der Waals surface area (Å²) in [7, 11) is 0. The number of hydrogen-bond acceptors (Lipinski definition) is 3. The van der Waals surface area contributed by atoms with Gasteiger partial charge in [0.2, 0.25) is 0 Å². The Bertz CT molecular complexity index is 1130. The lowest BCUT2D eigenvalue weighted by molar-refractivity contribution is 0.141. The van der Waals surface area contributed by atoms with Crippen molar-refractivity contribution in [3.63, 3.8) is 0 Å². The molecule has 1 aliphatic heterocycles. The second-order valence-electron chi connectivity index (χ2n) is 8.46. The van der Waals surface area contributed by atoms with Gasteiger partial charge < -0.3 is 14.4 Å². The number of carbonyl (C=O) groups is 1. The molecule has 0 saturated carbocycles. The van der Waals surface area contributed by atoms with Gasteiger partial charge in [0.1, 0.15) is 18.1 Å². The van der Waals surface area contributed by atoms with E-state index in [1.54, 1.807) is 4.90 Å². The van der Waals surface area contributed by atoms with Gasteiger partial charge in [-0.25, -0.2) is 13.6 Å². The van der Waals surface area contributed by atoms with Crippen molar-refractivity contribution in [2.75, 3.05) is 19.7 Å². The number of benzene rings is 3. The Labute approximate surface area is 199 Å². The van der Waals surface area contributed by atoms with Gasteiger partial charge in [0.15, 0.2) is 11.6 Å². The molecule has 0 atom stereocenters. The van der Waals surface area contributed by atoms with Gasteiger partial charge >= 0.3 is 6.09 Å². The molecule has 0 unspecified atom stereocenters. The minimum absolute atomic E-state index is 0.0241. The molecular weight excluding hydrogens is 436 g/mol. The third kappa shape index (κ3) is 5.93. The molecule has 4 nitrogen and oxygen atoms in total. The van der Waals surface area contributed by atoms with Crippen LogP contribution in [0.15, 0.2) is 60.7 Å². The van der Waals surface area contributed by atoms with E-state index >= 15 is 0 Å². The van der Waals surface area contributed by atoms with Crippen LogP contribution in [0.1, 0.15) is 37.3 Å². The van der Waals surface area contributed by atoms with E-state index in [-0.39, 0.29) is 5.75 Å². The molecule has 0 radical (unpaired) electrons. The van der Waals surface area contributed by atoms with Crippen LogP contribution in [0.25, 0.3) is 11.1 Å². The van der Waals surface area contributed by atoms with Gasteiger partial charge in [-0.1, -0.05) is 43.7 Å². The number of carbonyl (C=O) groups excluding carboxylic acids is 1. The Morgan fingerprint density at radius 2 is 1.71 bits per heavy atom. The molecule has 4 rings (SSSR count). The summed E-state index contributed by atoms with van der Waals surface area (Å²) < 4.78 is 37.9. The Kier molecular flexibility index (Phi) is 7.78. The third-order valence-electron chi connectivity index (χ3n) is 6.10. The van der Waals surface area contributed by atoms with Crippen LogP contribution in [0.3, 0.4) is 0 Å². The van der Waals surface area contributed by atoms with Crippen LogP contribution in [0.5, 0.6) is 11.5 Å². The normalized spacial score (nSPS) is 14.5. The zero-order valence-corrected chi connectivity index (χ0v) is 19.4. The molecular formula is C28H29F2NO3. The topological polar surface area (TPSA) is 38.8 Å². The lowest BCUT2D eigenvalue weighted by Gasteiger charge is -2.22. The first-order valence-corrected chi connectivity index (χ1v) is 11.8. The van der Waals surface area contributed by atoms with Crippen molar-refractivity contribution in [1.29, 1.82) is 0 Å². The van der Waals surface area contributed by atoms with Crippen LogP contribution in [0.4, 0.5) is 13.6 Å². The predicted octanol–water partition coefficient (Wildman–Crippen LogP) is 6.80. The number of nitrogens with zero attached hydrogens (tertiary/aromatic N) is 1. The molecule has 1 amide bonds. The number of ether oxygens (including phenoxy) is 2. The van der Waals surface area contributed by atoms with Crippen molar-refractivity contribution in [3.05, 3.63) is 83.4 Å². The maximum Gasteiger partial charge on any atom is 0.415 e. The van der Waals surface area contributed by atoms with Crippen LogP contribution in [0, 0.1) is 11.6 Å². The van der Waals surface area contributed by atoms with Gasteiger partial charge in [0, 0.05) is 12.6 Å². The van der Waals surface area contributed by atoms with E-state index in [2.05, 4.69) is 43.3 Å². The first kappa shape index (κ1) is 23.7. The molecule has 0 N–H and O–H groups in total. The average molecular weight is 466 g/mol. The number of rotatable bonds is 3. The van der Waals surface area contributed by atoms with E-state index in [1.807, 2.05) is 6.07 Å². The van der Waals surface area contributed by atoms with Gasteiger partial charge in [-0.3, -0.25) is 0 Å². The van der Waals surface area contributed by atoms with E-state index in [0.29, 0.717) is 19.7 Å². The monoisotopic (exact) mass is 465 g/mol. The summed E-state index contributed by atoms with van der Waals surface area (Å²) in [6, 6.07) is 18.0. The highest BCUT2D eigenvalue weighted by atomic mass is 19.2. The average Bonchev–Trinajstić information content (AvgIpc) is 2.90. The molecule has 34 heavy (non-hydrogen) atoms. The fourth-order valence-corrected chi connectivity index (χ4v) is 4.09. The van der Waals surface area contributed by atoms with Crippen molar-refractivity contribution < 1.29 is 23.0 Å². The number of amides is 1. The highest BCUT2D eigenvalue weighted by Gasteiger charge is 2.18. The standard InChI is InChI=1S/C28H29F2NO3/c1-2-20-7-9-21(10-8-20)22-11-14-27-23(18-22)6-4-3-5-15-31(16-17-33-27)28(32)34-24-12-13-25(29)26(30)19-24/h7-14,18-19H,2-6,15-17H2,1H3. The molecule has 6 heteroatoms. The second-order valence-corrected chi connectivity index (χ2v) is 8.46. The number of fused-ring (bicyclic) bond motifs is 1. The van der Waals surface area contributed by atoms with Crippen LogP contribution in [-0.2, 0) is 12.8 Å². The van der Waals surface area contributed by atoms with Crippen LogP contribution in [-0.4, -0.2) is 30.7 Å². The number of hydrogen-bond donors (Lipinski definition) is 0. The molecule has 0 aromatic heterocycles. The van der Waals surface area contributed by atoms with Gasteiger partial charge in [0.25, 0.3) is 0 Å². The first-order chi connectivity index (χ1) is 16.5. The lowest BCUT2D eigenvalue weighted by atomic mass is 9.98. The maximum atomic E-state index is 13.4. The van der Waals surface area contributed by atoms with E-state index in [1.165, 1.54) is 17.2 Å². The summed E-state index contributed by atoms with van der Waals surface area (Å²) >= 11 is 0. The molecule has 0 spiro atoms. The highest BCUT2D eigenvalue weighted by Crippen LogP contribution is 2.29. The fourth-order valence-electron chi connectivity index (χ4n) is 4.09. The molecule has 3 aromatic carbocycles. The Balaban J connectivity index is 1.44. The van der Waals surface area contributed by atoms with Crippen molar-refractivity contribution in [1.82, 2.24) is 4.90 Å². The van der Waals surface area contributed by atoms with Gasteiger partial charge in [-0.2, -0.15) is 0 Å². The molecule has 0 fully saturated rings. The molecule has 1 heterocycles. The summed E-state index contributed by atoms with van der Waals surface area (Å²) in [5.41, 5.74) is 4.82. The second kappa shape index (κ2) is 11.1. The van der Waals surface area contributed by atoms with E-state index < -0.39 is 17.7 Å². The molecule has 0 aliphatic carbocycles. The van der Waals surface area contributed by atoms with Crippen LogP contribution >= 0.6 is 0 Å². The SMILES string of the molecule is CCc1ccc(-c2ccc3c(c2)CCCCCN(C(=O)Oc2ccc(F)c(F)c2)CCO3)cc1. The highest BCUT2D eigenvalue weighted by molar-refractivity contribution is 5.70. The molecule has 3 aromatic rings. The number of halogens is 2. The van der Waals surface area contributed by atoms with E-state index in [0.717, 1.165) is 61.1 Å². The Hall–Kier alpha value is -3.41. The van der Waals surface area contributed by atoms with E-state index in [4.69, 9.17) is 9.47 Å². The predicted molar refractivity (Wildman–Crippen MR) is 128 cm³/mol. The Morgan fingerprint density at radius 3 is 2.47 bits per heavy atom. The lowest BCUT2D eigenvalue weighted by Crippen LogP contribution is -2.37. The van der Waals surface area contributed by atoms with Crippen molar-refractivity contribution in [2.45, 2.75) is 39.0 Å². The molecule has 1 aliphatic rings. The molecule has 0 saturated heterocycles. The summed E-state index contributed by atoms with van der Waals surface area (Å²) in [5.74, 6) is -1.24. The Morgan fingerprint density at radius 1 is 0.912 bits per heavy atom. The van der Waals surface area contributed by atoms with Crippen molar-refractivity contribution >= 4 is 6.09 Å². The summed E-state index contributed by atoms with van der Waals surface area (Å²) in [6.07, 6.45) is 4.06. The molecule has 0 bridgehead atoms. The van der Waals surface area contributed by atoms with Crippen LogP contribution in [0.2, 0.25) is 0 Å². The smallest absolute Gasteiger partial charge is 0.415 e. The fraction of sp³-hybridized carbons (Fsp3) is 0.321. The zero-order valence-electron chi connectivity index (χ0n) is 19.4. The van der Waals surface area contributed by atoms with Crippen molar-refractivity contribution in [3.8, 4) is 22.6 Å². The minimum atomic E-state index is -1.05. The van der Waals surface area contributed by atoms with E-state index in [9.17, 15) is 13.6 Å². The quantitative estimate of drug-likeness (QED) is 0.427. The molecule has 178 valence electrons. The van der Waals surface area contributed by atoms with Gasteiger partial charge in [-0.15, -0.1) is 0 Å². The summed E-state index contributed by atoms with van der Waals surface area (Å²) in [5, 5.41) is 0. The summed E-state index contributed by atoms with van der Waals surface area (Å²) in [4.78, 5) is 14.2.